The van der Waals surface area contributed by atoms with Crippen molar-refractivity contribution in [2.75, 3.05) is 6.61 Å². The van der Waals surface area contributed by atoms with Crippen LogP contribution in [0, 0.1) is 0 Å². The lowest BCUT2D eigenvalue weighted by Crippen LogP contribution is -2.69. The van der Waals surface area contributed by atoms with Crippen LogP contribution in [0.5, 0.6) is 28.7 Å². The smallest absolute Gasteiger partial charge is 0.189 e. The van der Waals surface area contributed by atoms with Gasteiger partial charge in [0, 0.05) is 29.7 Å². The summed E-state index contributed by atoms with van der Waals surface area (Å²) in [6.45, 7) is -0.730. The normalized spacial score (nSPS) is 34.5. The minimum Gasteiger partial charge on any atom is -0.508 e. The molecular formula is C21H24O11. The first-order valence-electron chi connectivity index (χ1n) is 9.85. The molecule has 7 atom stereocenters. The summed E-state index contributed by atoms with van der Waals surface area (Å²) in [4.78, 5) is 0. The molecule has 32 heavy (non-hydrogen) atoms. The fraction of sp³-hybridized carbons (Fsp3) is 0.429. The van der Waals surface area contributed by atoms with Gasteiger partial charge in [-0.3, -0.25) is 0 Å². The van der Waals surface area contributed by atoms with Crippen LogP contribution >= 0.6 is 0 Å². The van der Waals surface area contributed by atoms with E-state index in [1.165, 1.54) is 12.1 Å². The Balaban J connectivity index is 1.93. The maximum Gasteiger partial charge on any atom is 0.189 e. The molecule has 1 saturated heterocycles. The molecule has 0 bridgehead atoms. The largest absolute Gasteiger partial charge is 0.508 e. The number of fused-ring (bicyclic) bond motifs is 1. The van der Waals surface area contributed by atoms with Gasteiger partial charge in [0.2, 0.25) is 0 Å². The van der Waals surface area contributed by atoms with Crippen molar-refractivity contribution >= 4 is 0 Å². The van der Waals surface area contributed by atoms with Crippen LogP contribution in [0.25, 0.3) is 0 Å². The first kappa shape index (κ1) is 22.4. The van der Waals surface area contributed by atoms with Crippen molar-refractivity contribution in [3.8, 4) is 28.7 Å². The number of aliphatic hydroxyl groups excluding tert-OH is 5. The minimum absolute atomic E-state index is 0.0121. The lowest BCUT2D eigenvalue weighted by molar-refractivity contribution is -0.284. The molecule has 11 heteroatoms. The standard InChI is InChI=1S/C21H24O11/c22-7-15-17(28)18(29)19(30)20(31-15)21(8-1-2-11(24)13(26)3-8)16(27)6-10-12(25)4-9(23)5-14(10)32-21/h1-5,15-20,22-30H,6-7H2/t15-,16?,17-,18+,19-,20+,21?/m1/s1. The molecule has 174 valence electrons. The molecule has 11 nitrogen and oxygen atoms in total. The fourth-order valence-electron chi connectivity index (χ4n) is 4.39. The van der Waals surface area contributed by atoms with Crippen LogP contribution in [0.3, 0.4) is 0 Å². The van der Waals surface area contributed by atoms with Crippen LogP contribution in [-0.2, 0) is 16.8 Å². The number of ether oxygens (including phenoxy) is 2. The Morgan fingerprint density at radius 1 is 0.844 bits per heavy atom. The second kappa shape index (κ2) is 7.96. The molecule has 0 aliphatic carbocycles. The average molecular weight is 452 g/mol. The fourth-order valence-corrected chi connectivity index (χ4v) is 4.39. The highest BCUT2D eigenvalue weighted by Gasteiger charge is 2.60. The highest BCUT2D eigenvalue weighted by molar-refractivity contribution is 5.53. The summed E-state index contributed by atoms with van der Waals surface area (Å²) in [5.74, 6) is -1.83. The van der Waals surface area contributed by atoms with Crippen LogP contribution in [0.2, 0.25) is 0 Å². The Morgan fingerprint density at radius 2 is 1.56 bits per heavy atom. The molecule has 2 unspecified atom stereocenters. The van der Waals surface area contributed by atoms with E-state index in [2.05, 4.69) is 0 Å². The Labute approximate surface area is 181 Å². The Morgan fingerprint density at radius 3 is 2.22 bits per heavy atom. The van der Waals surface area contributed by atoms with E-state index in [4.69, 9.17) is 9.47 Å². The van der Waals surface area contributed by atoms with E-state index >= 15 is 0 Å². The van der Waals surface area contributed by atoms with Crippen molar-refractivity contribution in [3.05, 3.63) is 41.5 Å². The van der Waals surface area contributed by atoms with Crippen molar-refractivity contribution in [2.45, 2.75) is 48.6 Å². The van der Waals surface area contributed by atoms with Crippen molar-refractivity contribution in [1.29, 1.82) is 0 Å². The Hall–Kier alpha value is -2.80. The third kappa shape index (κ3) is 3.30. The van der Waals surface area contributed by atoms with Gasteiger partial charge < -0.3 is 55.4 Å². The number of aromatic hydroxyl groups is 4. The van der Waals surface area contributed by atoms with E-state index in [0.29, 0.717) is 0 Å². The third-order valence-electron chi connectivity index (χ3n) is 6.08. The topological polar surface area (TPSA) is 201 Å². The van der Waals surface area contributed by atoms with E-state index in [1.807, 2.05) is 0 Å². The van der Waals surface area contributed by atoms with Crippen molar-refractivity contribution in [3.63, 3.8) is 0 Å². The molecule has 1 fully saturated rings. The van der Waals surface area contributed by atoms with Gasteiger partial charge in [0.1, 0.15) is 53.9 Å². The van der Waals surface area contributed by atoms with Gasteiger partial charge in [-0.25, -0.2) is 0 Å². The number of benzene rings is 2. The first-order chi connectivity index (χ1) is 15.1. The highest BCUT2D eigenvalue weighted by Crippen LogP contribution is 2.50. The summed E-state index contributed by atoms with van der Waals surface area (Å²) < 4.78 is 11.7. The van der Waals surface area contributed by atoms with Gasteiger partial charge in [-0.1, -0.05) is 6.07 Å². The van der Waals surface area contributed by atoms with E-state index < -0.39 is 60.3 Å². The molecule has 2 aliphatic rings. The summed E-state index contributed by atoms with van der Waals surface area (Å²) in [7, 11) is 0. The van der Waals surface area contributed by atoms with Crippen LogP contribution in [0.4, 0.5) is 0 Å². The zero-order valence-corrected chi connectivity index (χ0v) is 16.6. The van der Waals surface area contributed by atoms with Gasteiger partial charge in [0.05, 0.1) is 6.61 Å². The van der Waals surface area contributed by atoms with Gasteiger partial charge in [-0.15, -0.1) is 0 Å². The third-order valence-corrected chi connectivity index (χ3v) is 6.08. The van der Waals surface area contributed by atoms with Gasteiger partial charge in [0.25, 0.3) is 0 Å². The molecule has 2 heterocycles. The quantitative estimate of drug-likeness (QED) is 0.247. The Kier molecular flexibility index (Phi) is 5.57. The highest BCUT2D eigenvalue weighted by atomic mass is 16.6. The predicted molar refractivity (Wildman–Crippen MR) is 105 cm³/mol. The van der Waals surface area contributed by atoms with E-state index in [9.17, 15) is 46.0 Å². The SMILES string of the molecule is OC[C@H]1O[C@H](C2(c3ccc(O)c(O)c3)Oc3cc(O)cc(O)c3CC2O)[C@H](O)[C@@H](O)[C@@H]1O. The average Bonchev–Trinajstić information content (AvgIpc) is 2.74. The molecule has 2 aromatic rings. The summed E-state index contributed by atoms with van der Waals surface area (Å²) in [5, 5.41) is 92.0. The molecule has 0 saturated carbocycles. The van der Waals surface area contributed by atoms with E-state index in [1.54, 1.807) is 0 Å². The number of phenolic OH excluding ortho intramolecular Hbond substituents is 4. The van der Waals surface area contributed by atoms with Gasteiger partial charge >= 0.3 is 0 Å². The van der Waals surface area contributed by atoms with E-state index in [-0.39, 0.29) is 34.8 Å². The van der Waals surface area contributed by atoms with Gasteiger partial charge in [-0.2, -0.15) is 0 Å². The van der Waals surface area contributed by atoms with Crippen molar-refractivity contribution in [1.82, 2.24) is 0 Å². The summed E-state index contributed by atoms with van der Waals surface area (Å²) in [5.41, 5.74) is -1.90. The predicted octanol–water partition coefficient (Wildman–Crippen LogP) is -1.46. The van der Waals surface area contributed by atoms with Crippen LogP contribution in [-0.4, -0.2) is 89.2 Å². The molecule has 0 aromatic heterocycles. The number of rotatable bonds is 3. The maximum atomic E-state index is 11.2. The summed E-state index contributed by atoms with van der Waals surface area (Å²) in [6.07, 6.45) is -10.0. The molecule has 9 N–H and O–H groups in total. The van der Waals surface area contributed by atoms with Crippen LogP contribution < -0.4 is 4.74 Å². The van der Waals surface area contributed by atoms with Crippen LogP contribution in [0.15, 0.2) is 30.3 Å². The van der Waals surface area contributed by atoms with Gasteiger partial charge in [-0.05, 0) is 12.1 Å². The van der Waals surface area contributed by atoms with Crippen LogP contribution in [0.1, 0.15) is 11.1 Å². The lowest BCUT2D eigenvalue weighted by atomic mass is 9.73. The lowest BCUT2D eigenvalue weighted by Gasteiger charge is -2.52. The number of phenols is 4. The maximum absolute atomic E-state index is 11.2. The molecule has 0 amide bonds. The van der Waals surface area contributed by atoms with Crippen molar-refractivity contribution < 1.29 is 55.4 Å². The van der Waals surface area contributed by atoms with Gasteiger partial charge in [0.15, 0.2) is 17.1 Å². The summed E-state index contributed by atoms with van der Waals surface area (Å²) in [6, 6.07) is 5.69. The molecule has 0 spiro atoms. The second-order valence-electron chi connectivity index (χ2n) is 8.01. The number of aliphatic hydroxyl groups is 5. The monoisotopic (exact) mass is 452 g/mol. The molecule has 4 rings (SSSR count). The zero-order valence-electron chi connectivity index (χ0n) is 16.6. The van der Waals surface area contributed by atoms with E-state index in [0.717, 1.165) is 18.2 Å². The molecule has 2 aromatic carbocycles. The number of hydrogen-bond acceptors (Lipinski definition) is 11. The minimum atomic E-state index is -2.06. The zero-order chi connectivity index (χ0) is 23.4. The molecular weight excluding hydrogens is 428 g/mol. The second-order valence-corrected chi connectivity index (χ2v) is 8.01. The van der Waals surface area contributed by atoms with Crippen molar-refractivity contribution in [2.24, 2.45) is 0 Å². The molecule has 2 aliphatic heterocycles. The Bertz CT molecular complexity index is 1010. The number of hydrogen-bond donors (Lipinski definition) is 9. The molecule has 0 radical (unpaired) electrons. The first-order valence-corrected chi connectivity index (χ1v) is 9.85. The summed E-state index contributed by atoms with van der Waals surface area (Å²) >= 11 is 0.